The second kappa shape index (κ2) is 11.6. The zero-order valence-electron chi connectivity index (χ0n) is 15.4. The lowest BCUT2D eigenvalue weighted by atomic mass is 10.2. The maximum Gasteiger partial charge on any atom is 0.338 e. The molecule has 5 nitrogen and oxygen atoms in total. The zero-order valence-corrected chi connectivity index (χ0v) is 17.0. The zero-order chi connectivity index (χ0) is 18.9. The molecule has 2 aromatic carbocycles. The van der Waals surface area contributed by atoms with E-state index in [1.807, 2.05) is 0 Å². The van der Waals surface area contributed by atoms with Crippen molar-refractivity contribution in [3.05, 3.63) is 64.7 Å². The Hall–Kier alpha value is -2.08. The molecular formula is C20H24Cl2N2O3. The Balaban J connectivity index is 0.00000364. The third-order valence-electron chi connectivity index (χ3n) is 4.02. The first-order valence-electron chi connectivity index (χ1n) is 8.60. The Morgan fingerprint density at radius 3 is 2.07 bits per heavy atom. The number of nitrogens with zero attached hydrogens (tertiary/aromatic N) is 1. The molecule has 27 heavy (non-hydrogen) atoms. The number of esters is 1. The Kier molecular flexibility index (Phi) is 9.86. The molecule has 2 aromatic rings. The van der Waals surface area contributed by atoms with E-state index in [-0.39, 0.29) is 24.3 Å². The van der Waals surface area contributed by atoms with Crippen LogP contribution in [0, 0.1) is 0 Å². The average Bonchev–Trinajstić information content (AvgIpc) is 2.66. The molecule has 1 N–H and O–H groups in total. The van der Waals surface area contributed by atoms with Gasteiger partial charge in [-0.05, 0) is 61.6 Å². The van der Waals surface area contributed by atoms with Gasteiger partial charge in [0.05, 0.1) is 5.56 Å². The number of anilines is 1. The second-order valence-electron chi connectivity index (χ2n) is 5.70. The van der Waals surface area contributed by atoms with E-state index in [4.69, 9.17) is 16.3 Å². The lowest BCUT2D eigenvalue weighted by Gasteiger charge is -2.17. The standard InChI is InChI=1S/C20H23ClN2O3.ClH/c1-3-23(4-2)13-14-26-20(25)16-7-11-18(12-8-16)22-19(24)15-5-9-17(21)10-6-15;/h5-12H,3-4,13-14H2,1-2H3,(H,22,24);1H. The van der Waals surface area contributed by atoms with Gasteiger partial charge in [0.2, 0.25) is 0 Å². The van der Waals surface area contributed by atoms with Crippen molar-refractivity contribution in [3.63, 3.8) is 0 Å². The molecule has 0 heterocycles. The summed E-state index contributed by atoms with van der Waals surface area (Å²) in [6.07, 6.45) is 0. The molecule has 7 heteroatoms. The number of hydrogen-bond acceptors (Lipinski definition) is 4. The molecule has 0 aromatic heterocycles. The van der Waals surface area contributed by atoms with Gasteiger partial charge in [-0.1, -0.05) is 25.4 Å². The number of amides is 1. The van der Waals surface area contributed by atoms with Crippen molar-refractivity contribution in [2.45, 2.75) is 13.8 Å². The average molecular weight is 411 g/mol. The topological polar surface area (TPSA) is 58.6 Å². The molecule has 0 spiro atoms. The summed E-state index contributed by atoms with van der Waals surface area (Å²) in [6, 6.07) is 13.2. The fraction of sp³-hybridized carbons (Fsp3) is 0.300. The molecule has 0 atom stereocenters. The Bertz CT molecular complexity index is 730. The number of benzene rings is 2. The van der Waals surface area contributed by atoms with Gasteiger partial charge >= 0.3 is 5.97 Å². The van der Waals surface area contributed by atoms with E-state index in [2.05, 4.69) is 24.1 Å². The highest BCUT2D eigenvalue weighted by atomic mass is 35.5. The molecule has 0 aliphatic rings. The Morgan fingerprint density at radius 2 is 1.52 bits per heavy atom. The fourth-order valence-electron chi connectivity index (χ4n) is 2.38. The summed E-state index contributed by atoms with van der Waals surface area (Å²) in [6.45, 7) is 7.07. The summed E-state index contributed by atoms with van der Waals surface area (Å²) < 4.78 is 5.28. The van der Waals surface area contributed by atoms with Crippen molar-refractivity contribution in [3.8, 4) is 0 Å². The first kappa shape index (κ1) is 23.0. The van der Waals surface area contributed by atoms with Crippen LogP contribution in [-0.2, 0) is 4.74 Å². The van der Waals surface area contributed by atoms with Crippen molar-refractivity contribution in [1.82, 2.24) is 4.90 Å². The van der Waals surface area contributed by atoms with Crippen LogP contribution >= 0.6 is 24.0 Å². The highest BCUT2D eigenvalue weighted by molar-refractivity contribution is 6.30. The van der Waals surface area contributed by atoms with E-state index in [1.165, 1.54) is 0 Å². The summed E-state index contributed by atoms with van der Waals surface area (Å²) in [4.78, 5) is 26.4. The van der Waals surface area contributed by atoms with Crippen molar-refractivity contribution >= 4 is 41.6 Å². The van der Waals surface area contributed by atoms with Crippen molar-refractivity contribution < 1.29 is 14.3 Å². The predicted molar refractivity (Wildman–Crippen MR) is 111 cm³/mol. The van der Waals surface area contributed by atoms with Gasteiger partial charge in [-0.15, -0.1) is 12.4 Å². The van der Waals surface area contributed by atoms with Crippen LogP contribution in [0.1, 0.15) is 34.6 Å². The van der Waals surface area contributed by atoms with Gasteiger partial charge in [-0.3, -0.25) is 4.79 Å². The third-order valence-corrected chi connectivity index (χ3v) is 4.27. The van der Waals surface area contributed by atoms with Gasteiger partial charge in [0.1, 0.15) is 6.61 Å². The van der Waals surface area contributed by atoms with Gasteiger partial charge in [0.25, 0.3) is 5.91 Å². The van der Waals surface area contributed by atoms with Gasteiger partial charge in [0.15, 0.2) is 0 Å². The summed E-state index contributed by atoms with van der Waals surface area (Å²) >= 11 is 5.82. The smallest absolute Gasteiger partial charge is 0.338 e. The summed E-state index contributed by atoms with van der Waals surface area (Å²) in [5.74, 6) is -0.607. The molecule has 0 aliphatic heterocycles. The van der Waals surface area contributed by atoms with Crippen LogP contribution in [0.4, 0.5) is 5.69 Å². The van der Waals surface area contributed by atoms with Crippen molar-refractivity contribution in [2.75, 3.05) is 31.6 Å². The number of hydrogen-bond donors (Lipinski definition) is 1. The largest absolute Gasteiger partial charge is 0.461 e. The van der Waals surface area contributed by atoms with Gasteiger partial charge in [0, 0.05) is 22.8 Å². The number of ether oxygens (including phenoxy) is 1. The maximum atomic E-state index is 12.2. The van der Waals surface area contributed by atoms with Crippen LogP contribution in [0.5, 0.6) is 0 Å². The molecule has 0 radical (unpaired) electrons. The molecule has 0 saturated heterocycles. The maximum absolute atomic E-state index is 12.2. The third kappa shape index (κ3) is 7.21. The van der Waals surface area contributed by atoms with Gasteiger partial charge in [-0.2, -0.15) is 0 Å². The van der Waals surface area contributed by atoms with Crippen LogP contribution in [0.15, 0.2) is 48.5 Å². The fourth-order valence-corrected chi connectivity index (χ4v) is 2.51. The number of halogens is 2. The van der Waals surface area contributed by atoms with Gasteiger partial charge < -0.3 is 15.0 Å². The molecule has 0 unspecified atom stereocenters. The number of rotatable bonds is 8. The minimum Gasteiger partial charge on any atom is -0.461 e. The summed E-state index contributed by atoms with van der Waals surface area (Å²) in [5.41, 5.74) is 1.56. The van der Waals surface area contributed by atoms with E-state index < -0.39 is 0 Å². The summed E-state index contributed by atoms with van der Waals surface area (Å²) in [5, 5.41) is 3.35. The number of nitrogens with one attached hydrogen (secondary N) is 1. The highest BCUT2D eigenvalue weighted by Gasteiger charge is 2.10. The van der Waals surface area contributed by atoms with E-state index in [0.29, 0.717) is 35.0 Å². The molecule has 0 saturated carbocycles. The number of likely N-dealkylation sites (N-methyl/N-ethyl adjacent to an activating group) is 1. The van der Waals surface area contributed by atoms with Crippen LogP contribution in [0.25, 0.3) is 0 Å². The van der Waals surface area contributed by atoms with Crippen LogP contribution < -0.4 is 5.32 Å². The normalized spacial score (nSPS) is 10.2. The molecule has 1 amide bonds. The van der Waals surface area contributed by atoms with E-state index >= 15 is 0 Å². The summed E-state index contributed by atoms with van der Waals surface area (Å²) in [7, 11) is 0. The Morgan fingerprint density at radius 1 is 0.963 bits per heavy atom. The van der Waals surface area contributed by atoms with Crippen molar-refractivity contribution in [2.24, 2.45) is 0 Å². The minimum atomic E-state index is -0.368. The highest BCUT2D eigenvalue weighted by Crippen LogP contribution is 2.14. The first-order valence-corrected chi connectivity index (χ1v) is 8.97. The second-order valence-corrected chi connectivity index (χ2v) is 6.14. The lowest BCUT2D eigenvalue weighted by molar-refractivity contribution is 0.0466. The molecule has 2 rings (SSSR count). The molecule has 146 valence electrons. The Labute approximate surface area is 171 Å². The van der Waals surface area contributed by atoms with Crippen LogP contribution in [0.2, 0.25) is 5.02 Å². The predicted octanol–water partition coefficient (Wildman–Crippen LogP) is 4.51. The van der Waals surface area contributed by atoms with Crippen LogP contribution in [-0.4, -0.2) is 43.0 Å². The van der Waals surface area contributed by atoms with E-state index in [0.717, 1.165) is 13.1 Å². The monoisotopic (exact) mass is 410 g/mol. The van der Waals surface area contributed by atoms with E-state index in [1.54, 1.807) is 48.5 Å². The molecule has 0 fully saturated rings. The van der Waals surface area contributed by atoms with Gasteiger partial charge in [-0.25, -0.2) is 4.79 Å². The van der Waals surface area contributed by atoms with Crippen LogP contribution in [0.3, 0.4) is 0 Å². The van der Waals surface area contributed by atoms with E-state index in [9.17, 15) is 9.59 Å². The number of carbonyl (C=O) groups excluding carboxylic acids is 2. The minimum absolute atomic E-state index is 0. The number of carbonyl (C=O) groups is 2. The lowest BCUT2D eigenvalue weighted by Crippen LogP contribution is -2.27. The quantitative estimate of drug-likeness (QED) is 0.650. The van der Waals surface area contributed by atoms with Crippen molar-refractivity contribution in [1.29, 1.82) is 0 Å². The first-order chi connectivity index (χ1) is 12.5. The molecule has 0 bridgehead atoms. The molecule has 0 aliphatic carbocycles. The SMILES string of the molecule is CCN(CC)CCOC(=O)c1ccc(NC(=O)c2ccc(Cl)cc2)cc1.Cl. The molecular weight excluding hydrogens is 387 g/mol.